The summed E-state index contributed by atoms with van der Waals surface area (Å²) in [5.41, 5.74) is 1.01. The highest BCUT2D eigenvalue weighted by Crippen LogP contribution is 2.29. The number of hydrogen-bond donors (Lipinski definition) is 1. The average molecular weight is 235 g/mol. The van der Waals surface area contributed by atoms with Crippen molar-refractivity contribution in [1.29, 1.82) is 0 Å². The van der Waals surface area contributed by atoms with Gasteiger partial charge in [0, 0.05) is 25.2 Å². The zero-order chi connectivity index (χ0) is 11.8. The summed E-state index contributed by atoms with van der Waals surface area (Å²) >= 11 is 0. The smallest absolute Gasteiger partial charge is 0.208 e. The van der Waals surface area contributed by atoms with E-state index >= 15 is 0 Å². The SMILES string of the molecule is Cc1nc(CNC2CCN(C3CC3)C2)oc1C. The van der Waals surface area contributed by atoms with E-state index in [1.54, 1.807) is 0 Å². The molecule has 3 rings (SSSR count). The summed E-state index contributed by atoms with van der Waals surface area (Å²) in [7, 11) is 0. The molecule has 1 unspecified atom stereocenters. The number of likely N-dealkylation sites (tertiary alicyclic amines) is 1. The number of oxazole rings is 1. The summed E-state index contributed by atoms with van der Waals surface area (Å²) < 4.78 is 5.57. The molecule has 17 heavy (non-hydrogen) atoms. The molecule has 1 N–H and O–H groups in total. The third-order valence-corrected chi connectivity index (χ3v) is 3.90. The fourth-order valence-corrected chi connectivity index (χ4v) is 2.57. The van der Waals surface area contributed by atoms with Crippen molar-refractivity contribution in [3.05, 3.63) is 17.3 Å². The van der Waals surface area contributed by atoms with E-state index in [9.17, 15) is 0 Å². The molecule has 4 heteroatoms. The standard InChI is InChI=1S/C13H21N3O/c1-9-10(2)17-13(15-9)7-14-11-5-6-16(8-11)12-3-4-12/h11-12,14H,3-8H2,1-2H3. The quantitative estimate of drug-likeness (QED) is 0.861. The van der Waals surface area contributed by atoms with Crippen molar-refractivity contribution < 1.29 is 4.42 Å². The Kier molecular flexibility index (Phi) is 2.92. The highest BCUT2D eigenvalue weighted by atomic mass is 16.4. The predicted octanol–water partition coefficient (Wildman–Crippen LogP) is 1.62. The number of hydrogen-bond acceptors (Lipinski definition) is 4. The third-order valence-electron chi connectivity index (χ3n) is 3.90. The van der Waals surface area contributed by atoms with Crippen molar-refractivity contribution in [3.63, 3.8) is 0 Å². The molecular weight excluding hydrogens is 214 g/mol. The molecule has 0 radical (unpaired) electrons. The van der Waals surface area contributed by atoms with Crippen LogP contribution < -0.4 is 5.32 Å². The molecule has 2 fully saturated rings. The van der Waals surface area contributed by atoms with Crippen LogP contribution in [0.5, 0.6) is 0 Å². The van der Waals surface area contributed by atoms with Crippen molar-refractivity contribution in [2.75, 3.05) is 13.1 Å². The van der Waals surface area contributed by atoms with E-state index in [0.29, 0.717) is 6.04 Å². The van der Waals surface area contributed by atoms with Gasteiger partial charge in [0.15, 0.2) is 0 Å². The molecule has 4 nitrogen and oxygen atoms in total. The molecule has 1 aromatic rings. The lowest BCUT2D eigenvalue weighted by Crippen LogP contribution is -2.32. The molecular formula is C13H21N3O. The Hall–Kier alpha value is -0.870. The Morgan fingerprint density at radius 2 is 2.18 bits per heavy atom. The van der Waals surface area contributed by atoms with E-state index in [-0.39, 0.29) is 0 Å². The number of nitrogens with zero attached hydrogens (tertiary/aromatic N) is 2. The summed E-state index contributed by atoms with van der Waals surface area (Å²) in [5.74, 6) is 1.76. The van der Waals surface area contributed by atoms with Crippen molar-refractivity contribution >= 4 is 0 Å². The molecule has 1 aliphatic heterocycles. The second kappa shape index (κ2) is 4.42. The Morgan fingerprint density at radius 1 is 1.35 bits per heavy atom. The molecule has 1 atom stereocenters. The number of aryl methyl sites for hydroxylation is 2. The van der Waals surface area contributed by atoms with E-state index < -0.39 is 0 Å². The summed E-state index contributed by atoms with van der Waals surface area (Å²) in [6.45, 7) is 7.18. The first kappa shape index (κ1) is 11.2. The number of rotatable bonds is 4. The summed E-state index contributed by atoms with van der Waals surface area (Å²) in [6.07, 6.45) is 4.07. The maximum atomic E-state index is 5.57. The molecule has 0 spiro atoms. The van der Waals surface area contributed by atoms with Crippen LogP contribution in [-0.2, 0) is 6.54 Å². The molecule has 1 aromatic heterocycles. The van der Waals surface area contributed by atoms with E-state index in [4.69, 9.17) is 4.42 Å². The molecule has 2 aliphatic rings. The molecule has 2 heterocycles. The molecule has 94 valence electrons. The molecule has 1 aliphatic carbocycles. The monoisotopic (exact) mass is 235 g/mol. The van der Waals surface area contributed by atoms with Gasteiger partial charge in [-0.1, -0.05) is 0 Å². The normalized spacial score (nSPS) is 25.6. The fraction of sp³-hybridized carbons (Fsp3) is 0.769. The maximum Gasteiger partial charge on any atom is 0.208 e. The lowest BCUT2D eigenvalue weighted by Gasteiger charge is -2.14. The van der Waals surface area contributed by atoms with Crippen molar-refractivity contribution in [2.45, 2.75) is 51.7 Å². The van der Waals surface area contributed by atoms with Crippen molar-refractivity contribution in [3.8, 4) is 0 Å². The van der Waals surface area contributed by atoms with Gasteiger partial charge in [-0.3, -0.25) is 4.90 Å². The van der Waals surface area contributed by atoms with Crippen LogP contribution in [0.4, 0.5) is 0 Å². The molecule has 0 amide bonds. The molecule has 0 aromatic carbocycles. The topological polar surface area (TPSA) is 41.3 Å². The minimum Gasteiger partial charge on any atom is -0.444 e. The second-order valence-electron chi connectivity index (χ2n) is 5.34. The highest BCUT2D eigenvalue weighted by molar-refractivity contribution is 5.05. The minimum absolute atomic E-state index is 0.614. The predicted molar refractivity (Wildman–Crippen MR) is 65.8 cm³/mol. The van der Waals surface area contributed by atoms with Gasteiger partial charge in [-0.25, -0.2) is 4.98 Å². The van der Waals surface area contributed by atoms with Crippen LogP contribution >= 0.6 is 0 Å². The number of nitrogens with one attached hydrogen (secondary N) is 1. The Balaban J connectivity index is 1.48. The molecule has 0 bridgehead atoms. The van der Waals surface area contributed by atoms with Crippen LogP contribution in [0.25, 0.3) is 0 Å². The van der Waals surface area contributed by atoms with Gasteiger partial charge in [0.05, 0.1) is 12.2 Å². The Labute approximate surface area is 102 Å². The van der Waals surface area contributed by atoms with Crippen molar-refractivity contribution in [1.82, 2.24) is 15.2 Å². The maximum absolute atomic E-state index is 5.57. The van der Waals surface area contributed by atoms with Crippen LogP contribution in [0.15, 0.2) is 4.42 Å². The summed E-state index contributed by atoms with van der Waals surface area (Å²) in [6, 6.07) is 1.51. The van der Waals surface area contributed by atoms with Gasteiger partial charge in [-0.2, -0.15) is 0 Å². The Bertz CT molecular complexity index is 378. The number of aromatic nitrogens is 1. The van der Waals surface area contributed by atoms with E-state index in [2.05, 4.69) is 15.2 Å². The minimum atomic E-state index is 0.614. The van der Waals surface area contributed by atoms with Gasteiger partial charge >= 0.3 is 0 Å². The average Bonchev–Trinajstić information content (AvgIpc) is 2.96. The highest BCUT2D eigenvalue weighted by Gasteiger charge is 2.34. The first-order valence-electron chi connectivity index (χ1n) is 6.62. The van der Waals surface area contributed by atoms with E-state index in [1.807, 2.05) is 13.8 Å². The second-order valence-corrected chi connectivity index (χ2v) is 5.34. The largest absolute Gasteiger partial charge is 0.444 e. The zero-order valence-corrected chi connectivity index (χ0v) is 10.7. The van der Waals surface area contributed by atoms with Crippen LogP contribution in [0, 0.1) is 13.8 Å². The van der Waals surface area contributed by atoms with Gasteiger partial charge < -0.3 is 9.73 Å². The first-order valence-corrected chi connectivity index (χ1v) is 6.62. The first-order chi connectivity index (χ1) is 8.22. The van der Waals surface area contributed by atoms with Crippen LogP contribution in [-0.4, -0.2) is 35.1 Å². The van der Waals surface area contributed by atoms with Gasteiger partial charge in [0.25, 0.3) is 0 Å². The van der Waals surface area contributed by atoms with Crippen LogP contribution in [0.2, 0.25) is 0 Å². The van der Waals surface area contributed by atoms with Gasteiger partial charge in [0.1, 0.15) is 5.76 Å². The van der Waals surface area contributed by atoms with Gasteiger partial charge in [-0.15, -0.1) is 0 Å². The lowest BCUT2D eigenvalue weighted by molar-refractivity contribution is 0.315. The summed E-state index contributed by atoms with van der Waals surface area (Å²) in [5, 5.41) is 3.55. The van der Waals surface area contributed by atoms with E-state index in [0.717, 1.165) is 29.9 Å². The molecule has 1 saturated carbocycles. The fourth-order valence-electron chi connectivity index (χ4n) is 2.57. The van der Waals surface area contributed by atoms with Gasteiger partial charge in [-0.05, 0) is 33.1 Å². The zero-order valence-electron chi connectivity index (χ0n) is 10.7. The Morgan fingerprint density at radius 3 is 2.82 bits per heavy atom. The van der Waals surface area contributed by atoms with Crippen molar-refractivity contribution in [2.24, 2.45) is 0 Å². The summed E-state index contributed by atoms with van der Waals surface area (Å²) in [4.78, 5) is 7.01. The van der Waals surface area contributed by atoms with Crippen LogP contribution in [0.1, 0.15) is 36.6 Å². The lowest BCUT2D eigenvalue weighted by atomic mass is 10.2. The third kappa shape index (κ3) is 2.53. The van der Waals surface area contributed by atoms with Gasteiger partial charge in [0.2, 0.25) is 5.89 Å². The van der Waals surface area contributed by atoms with Crippen LogP contribution in [0.3, 0.4) is 0 Å². The molecule has 1 saturated heterocycles. The van der Waals surface area contributed by atoms with E-state index in [1.165, 1.54) is 32.4 Å².